The van der Waals surface area contributed by atoms with Crippen LogP contribution in [0.1, 0.15) is 22.2 Å². The summed E-state index contributed by atoms with van der Waals surface area (Å²) in [5.74, 6) is -1.27. The molecule has 1 heterocycles. The Morgan fingerprint density at radius 3 is 2.43 bits per heavy atom. The van der Waals surface area contributed by atoms with Gasteiger partial charge in [-0.3, -0.25) is 10.1 Å². The number of anilines is 1. The summed E-state index contributed by atoms with van der Waals surface area (Å²) in [4.78, 5) is 36.0. The van der Waals surface area contributed by atoms with E-state index in [4.69, 9.17) is 4.74 Å². The van der Waals surface area contributed by atoms with Crippen molar-refractivity contribution in [1.82, 2.24) is 5.32 Å². The molecule has 0 saturated carbocycles. The summed E-state index contributed by atoms with van der Waals surface area (Å²) in [6.07, 6.45) is -1.08. The number of carbonyl (C=O) groups excluding carboxylic acids is 3. The zero-order valence-electron chi connectivity index (χ0n) is 12.7. The zero-order chi connectivity index (χ0) is 16.8. The van der Waals surface area contributed by atoms with Crippen molar-refractivity contribution in [3.8, 4) is 0 Å². The third-order valence-electron chi connectivity index (χ3n) is 2.97. The van der Waals surface area contributed by atoms with Crippen molar-refractivity contribution in [2.75, 3.05) is 5.32 Å². The number of hydrogen-bond acceptors (Lipinski definition) is 5. The normalized spacial score (nSPS) is 11.4. The number of thiophene rings is 1. The van der Waals surface area contributed by atoms with Gasteiger partial charge in [0.15, 0.2) is 6.10 Å². The molecule has 6 nitrogen and oxygen atoms in total. The summed E-state index contributed by atoms with van der Waals surface area (Å²) in [6.45, 7) is 3.19. The van der Waals surface area contributed by atoms with Gasteiger partial charge >= 0.3 is 12.0 Å². The minimum Gasteiger partial charge on any atom is -0.448 e. The standard InChI is InChI=1S/C16H16N2O4S/c1-10-8-9-23-13(10)15(20)22-11(2)14(19)18-16(21)17-12-6-4-3-5-7-12/h3-9,11H,1-2H3,(H2,17,18,19,21). The van der Waals surface area contributed by atoms with Crippen molar-refractivity contribution in [3.05, 3.63) is 52.2 Å². The van der Waals surface area contributed by atoms with Crippen LogP contribution in [-0.4, -0.2) is 24.0 Å². The molecule has 2 N–H and O–H groups in total. The Morgan fingerprint density at radius 1 is 1.13 bits per heavy atom. The number of aryl methyl sites for hydroxylation is 1. The Bertz CT molecular complexity index is 712. The average molecular weight is 332 g/mol. The summed E-state index contributed by atoms with van der Waals surface area (Å²) >= 11 is 1.24. The molecule has 0 aliphatic heterocycles. The second-order valence-corrected chi connectivity index (χ2v) is 5.71. The molecule has 0 aliphatic rings. The van der Waals surface area contributed by atoms with Gasteiger partial charge in [-0.15, -0.1) is 11.3 Å². The van der Waals surface area contributed by atoms with E-state index in [1.807, 2.05) is 6.07 Å². The van der Waals surface area contributed by atoms with Crippen LogP contribution in [0.4, 0.5) is 10.5 Å². The predicted octanol–water partition coefficient (Wildman–Crippen LogP) is 2.95. The summed E-state index contributed by atoms with van der Waals surface area (Å²) in [5, 5.41) is 6.41. The Morgan fingerprint density at radius 2 is 1.83 bits per heavy atom. The Balaban J connectivity index is 1.86. The van der Waals surface area contributed by atoms with Gasteiger partial charge in [0.1, 0.15) is 4.88 Å². The lowest BCUT2D eigenvalue weighted by atomic mass is 10.3. The smallest absolute Gasteiger partial charge is 0.349 e. The van der Waals surface area contributed by atoms with Gasteiger partial charge in [-0.05, 0) is 43.0 Å². The molecule has 0 spiro atoms. The van der Waals surface area contributed by atoms with E-state index in [2.05, 4.69) is 10.6 Å². The van der Waals surface area contributed by atoms with E-state index in [0.29, 0.717) is 10.6 Å². The first-order valence-corrected chi connectivity index (χ1v) is 7.77. The second-order valence-electron chi connectivity index (χ2n) is 4.79. The first-order chi connectivity index (χ1) is 11.0. The van der Waals surface area contributed by atoms with Crippen molar-refractivity contribution in [3.63, 3.8) is 0 Å². The van der Waals surface area contributed by atoms with E-state index < -0.39 is 24.0 Å². The Kier molecular flexibility index (Phi) is 5.48. The number of nitrogens with one attached hydrogen (secondary N) is 2. The van der Waals surface area contributed by atoms with Crippen LogP contribution in [0.2, 0.25) is 0 Å². The van der Waals surface area contributed by atoms with Gasteiger partial charge in [0, 0.05) is 5.69 Å². The summed E-state index contributed by atoms with van der Waals surface area (Å²) in [5.41, 5.74) is 1.34. The maximum atomic E-state index is 11.9. The van der Waals surface area contributed by atoms with Gasteiger partial charge < -0.3 is 10.1 Å². The van der Waals surface area contributed by atoms with Gasteiger partial charge in [0.05, 0.1) is 0 Å². The van der Waals surface area contributed by atoms with Crippen LogP contribution in [0.3, 0.4) is 0 Å². The number of hydrogen-bond donors (Lipinski definition) is 2. The van der Waals surface area contributed by atoms with Crippen molar-refractivity contribution in [2.24, 2.45) is 0 Å². The molecule has 1 aromatic carbocycles. The van der Waals surface area contributed by atoms with E-state index in [-0.39, 0.29) is 0 Å². The highest BCUT2D eigenvalue weighted by Crippen LogP contribution is 2.17. The van der Waals surface area contributed by atoms with Crippen molar-refractivity contribution < 1.29 is 19.1 Å². The number of urea groups is 1. The maximum Gasteiger partial charge on any atom is 0.349 e. The van der Waals surface area contributed by atoms with Crippen LogP contribution in [0.15, 0.2) is 41.8 Å². The summed E-state index contributed by atoms with van der Waals surface area (Å²) in [7, 11) is 0. The van der Waals surface area contributed by atoms with Crippen LogP contribution >= 0.6 is 11.3 Å². The Labute approximate surface area is 137 Å². The van der Waals surface area contributed by atoms with Crippen LogP contribution in [0, 0.1) is 6.92 Å². The molecule has 7 heteroatoms. The van der Waals surface area contributed by atoms with E-state index in [1.165, 1.54) is 18.3 Å². The summed E-state index contributed by atoms with van der Waals surface area (Å²) < 4.78 is 5.07. The topological polar surface area (TPSA) is 84.5 Å². The first-order valence-electron chi connectivity index (χ1n) is 6.89. The van der Waals surface area contributed by atoms with Gasteiger partial charge in [-0.2, -0.15) is 0 Å². The molecular formula is C16H16N2O4S. The highest BCUT2D eigenvalue weighted by atomic mass is 32.1. The lowest BCUT2D eigenvalue weighted by molar-refractivity contribution is -0.127. The molecule has 1 aromatic heterocycles. The molecular weight excluding hydrogens is 316 g/mol. The van der Waals surface area contributed by atoms with Crippen LogP contribution in [0.25, 0.3) is 0 Å². The minimum atomic E-state index is -1.08. The van der Waals surface area contributed by atoms with Crippen LogP contribution in [0.5, 0.6) is 0 Å². The molecule has 0 fully saturated rings. The van der Waals surface area contributed by atoms with E-state index in [0.717, 1.165) is 5.56 Å². The van der Waals surface area contributed by atoms with Gasteiger partial charge in [-0.1, -0.05) is 18.2 Å². The number of imide groups is 1. The number of ether oxygens (including phenoxy) is 1. The highest BCUT2D eigenvalue weighted by Gasteiger charge is 2.22. The van der Waals surface area contributed by atoms with Crippen LogP contribution < -0.4 is 10.6 Å². The average Bonchev–Trinajstić information content (AvgIpc) is 2.94. The van der Waals surface area contributed by atoms with Crippen molar-refractivity contribution in [1.29, 1.82) is 0 Å². The highest BCUT2D eigenvalue weighted by molar-refractivity contribution is 7.12. The second kappa shape index (κ2) is 7.55. The van der Waals surface area contributed by atoms with E-state index >= 15 is 0 Å². The number of amides is 3. The number of carbonyl (C=O) groups is 3. The maximum absolute atomic E-state index is 11.9. The molecule has 1 atom stereocenters. The summed E-state index contributed by atoms with van der Waals surface area (Å²) in [6, 6.07) is 9.80. The van der Waals surface area contributed by atoms with Gasteiger partial charge in [-0.25, -0.2) is 9.59 Å². The quantitative estimate of drug-likeness (QED) is 0.843. The fraction of sp³-hybridized carbons (Fsp3) is 0.188. The largest absolute Gasteiger partial charge is 0.448 e. The lowest BCUT2D eigenvalue weighted by Gasteiger charge is -2.13. The molecule has 1 unspecified atom stereocenters. The SMILES string of the molecule is Cc1ccsc1C(=O)OC(C)C(=O)NC(=O)Nc1ccccc1. The fourth-order valence-corrected chi connectivity index (χ4v) is 2.55. The number of rotatable bonds is 4. The van der Waals surface area contributed by atoms with Crippen molar-refractivity contribution in [2.45, 2.75) is 20.0 Å². The monoisotopic (exact) mass is 332 g/mol. The zero-order valence-corrected chi connectivity index (χ0v) is 13.5. The van der Waals surface area contributed by atoms with E-state index in [9.17, 15) is 14.4 Å². The number of esters is 1. The molecule has 23 heavy (non-hydrogen) atoms. The van der Waals surface area contributed by atoms with Crippen molar-refractivity contribution >= 4 is 34.9 Å². The van der Waals surface area contributed by atoms with Gasteiger partial charge in [0.2, 0.25) is 0 Å². The first kappa shape index (κ1) is 16.7. The fourth-order valence-electron chi connectivity index (χ4n) is 1.75. The molecule has 0 radical (unpaired) electrons. The van der Waals surface area contributed by atoms with Gasteiger partial charge in [0.25, 0.3) is 5.91 Å². The third-order valence-corrected chi connectivity index (χ3v) is 3.97. The molecule has 0 saturated heterocycles. The van der Waals surface area contributed by atoms with Crippen LogP contribution in [-0.2, 0) is 9.53 Å². The molecule has 2 rings (SSSR count). The third kappa shape index (κ3) is 4.65. The minimum absolute atomic E-state index is 0.443. The molecule has 3 amide bonds. The molecule has 0 aliphatic carbocycles. The Hall–Kier alpha value is -2.67. The molecule has 2 aromatic rings. The number of benzene rings is 1. The van der Waals surface area contributed by atoms with E-state index in [1.54, 1.807) is 42.6 Å². The molecule has 120 valence electrons. The number of para-hydroxylation sites is 1. The predicted molar refractivity (Wildman–Crippen MR) is 87.5 cm³/mol. The molecule has 0 bridgehead atoms. The lowest BCUT2D eigenvalue weighted by Crippen LogP contribution is -2.41.